The van der Waals surface area contributed by atoms with Crippen LogP contribution >= 0.6 is 0 Å². The first-order valence-corrected chi connectivity index (χ1v) is 6.71. The van der Waals surface area contributed by atoms with Gasteiger partial charge >= 0.3 is 6.18 Å². The Balaban J connectivity index is 4.00. The average Bonchev–Trinajstić information content (AvgIpc) is 2.29. The molecule has 18 heavy (non-hydrogen) atoms. The maximum atomic E-state index is 12.6. The standard InChI is InChI=1S/C13H25F3O2/c1-4-6-8-11(3)18-10-12(13(14,15)16)17-9-7-5-2/h11-12H,4-10H2,1-3H3. The normalized spacial score (nSPS) is 15.7. The quantitative estimate of drug-likeness (QED) is 0.550. The number of ether oxygens (including phenoxy) is 2. The zero-order chi connectivity index (χ0) is 14.0. The van der Waals surface area contributed by atoms with Crippen LogP contribution < -0.4 is 0 Å². The summed E-state index contributed by atoms with van der Waals surface area (Å²) < 4.78 is 48.0. The fourth-order valence-electron chi connectivity index (χ4n) is 1.43. The second-order valence-electron chi connectivity index (χ2n) is 4.54. The zero-order valence-corrected chi connectivity index (χ0v) is 11.6. The largest absolute Gasteiger partial charge is 0.416 e. The van der Waals surface area contributed by atoms with Gasteiger partial charge in [0.15, 0.2) is 6.10 Å². The van der Waals surface area contributed by atoms with Crippen molar-refractivity contribution in [2.45, 2.75) is 71.3 Å². The predicted molar refractivity (Wildman–Crippen MR) is 65.6 cm³/mol. The smallest absolute Gasteiger partial charge is 0.375 e. The molecule has 0 amide bonds. The second-order valence-corrected chi connectivity index (χ2v) is 4.54. The topological polar surface area (TPSA) is 18.5 Å². The Hall–Kier alpha value is -0.290. The lowest BCUT2D eigenvalue weighted by atomic mass is 10.2. The first kappa shape index (κ1) is 17.7. The van der Waals surface area contributed by atoms with Crippen molar-refractivity contribution in [1.82, 2.24) is 0 Å². The maximum Gasteiger partial charge on any atom is 0.416 e. The summed E-state index contributed by atoms with van der Waals surface area (Å²) in [4.78, 5) is 0. The van der Waals surface area contributed by atoms with E-state index < -0.39 is 18.9 Å². The molecule has 0 radical (unpaired) electrons. The highest BCUT2D eigenvalue weighted by molar-refractivity contribution is 4.68. The number of halogens is 3. The second kappa shape index (κ2) is 9.62. The Morgan fingerprint density at radius 1 is 1.00 bits per heavy atom. The third-order valence-electron chi connectivity index (χ3n) is 2.68. The lowest BCUT2D eigenvalue weighted by Gasteiger charge is -2.22. The van der Waals surface area contributed by atoms with Crippen molar-refractivity contribution < 1.29 is 22.6 Å². The van der Waals surface area contributed by atoms with Crippen LogP contribution in [-0.2, 0) is 9.47 Å². The highest BCUT2D eigenvalue weighted by Gasteiger charge is 2.40. The van der Waals surface area contributed by atoms with Gasteiger partial charge in [-0.05, 0) is 19.8 Å². The molecular formula is C13H25F3O2. The van der Waals surface area contributed by atoms with E-state index in [1.165, 1.54) is 0 Å². The summed E-state index contributed by atoms with van der Waals surface area (Å²) in [5.41, 5.74) is 0. The summed E-state index contributed by atoms with van der Waals surface area (Å²) in [5.74, 6) is 0. The number of hydrogen-bond acceptors (Lipinski definition) is 2. The lowest BCUT2D eigenvalue weighted by Crippen LogP contribution is -2.37. The predicted octanol–water partition coefficient (Wildman–Crippen LogP) is 4.33. The van der Waals surface area contributed by atoms with Crippen LogP contribution in [0.25, 0.3) is 0 Å². The van der Waals surface area contributed by atoms with Gasteiger partial charge in [-0.25, -0.2) is 0 Å². The van der Waals surface area contributed by atoms with Crippen LogP contribution in [0, 0.1) is 0 Å². The lowest BCUT2D eigenvalue weighted by molar-refractivity contribution is -0.237. The van der Waals surface area contributed by atoms with Gasteiger partial charge in [0.2, 0.25) is 0 Å². The van der Waals surface area contributed by atoms with Gasteiger partial charge in [-0.3, -0.25) is 0 Å². The fourth-order valence-corrected chi connectivity index (χ4v) is 1.43. The molecule has 0 rings (SSSR count). The summed E-state index contributed by atoms with van der Waals surface area (Å²) in [7, 11) is 0. The Kier molecular flexibility index (Phi) is 9.46. The fraction of sp³-hybridized carbons (Fsp3) is 1.00. The van der Waals surface area contributed by atoms with Gasteiger partial charge in [-0.1, -0.05) is 33.1 Å². The first-order chi connectivity index (χ1) is 8.41. The van der Waals surface area contributed by atoms with Gasteiger partial charge in [0, 0.05) is 6.61 Å². The highest BCUT2D eigenvalue weighted by Crippen LogP contribution is 2.24. The van der Waals surface area contributed by atoms with Gasteiger partial charge < -0.3 is 9.47 Å². The zero-order valence-electron chi connectivity index (χ0n) is 11.6. The van der Waals surface area contributed by atoms with E-state index in [1.54, 1.807) is 6.92 Å². The van der Waals surface area contributed by atoms with E-state index in [0.29, 0.717) is 6.42 Å². The van der Waals surface area contributed by atoms with Gasteiger partial charge in [-0.15, -0.1) is 0 Å². The van der Waals surface area contributed by atoms with E-state index in [9.17, 15) is 13.2 Å². The van der Waals surface area contributed by atoms with Crippen LogP contribution in [0.4, 0.5) is 13.2 Å². The Labute approximate surface area is 108 Å². The molecule has 0 fully saturated rings. The summed E-state index contributed by atoms with van der Waals surface area (Å²) in [6.07, 6.45) is -2.07. The molecule has 0 spiro atoms. The molecule has 0 aliphatic rings. The van der Waals surface area contributed by atoms with Crippen LogP contribution in [0.15, 0.2) is 0 Å². The van der Waals surface area contributed by atoms with Crippen LogP contribution in [0.2, 0.25) is 0 Å². The van der Waals surface area contributed by atoms with Crippen molar-refractivity contribution in [1.29, 1.82) is 0 Å². The van der Waals surface area contributed by atoms with E-state index in [4.69, 9.17) is 9.47 Å². The number of hydrogen-bond donors (Lipinski definition) is 0. The van der Waals surface area contributed by atoms with E-state index in [0.717, 1.165) is 25.7 Å². The minimum absolute atomic E-state index is 0.132. The maximum absolute atomic E-state index is 12.6. The molecule has 0 saturated carbocycles. The molecule has 0 aromatic carbocycles. The van der Waals surface area contributed by atoms with Crippen LogP contribution in [0.1, 0.15) is 52.9 Å². The van der Waals surface area contributed by atoms with E-state index in [1.807, 2.05) is 13.8 Å². The van der Waals surface area contributed by atoms with Crippen molar-refractivity contribution in [3.8, 4) is 0 Å². The Morgan fingerprint density at radius 2 is 1.61 bits per heavy atom. The minimum Gasteiger partial charge on any atom is -0.375 e. The molecule has 0 saturated heterocycles. The van der Waals surface area contributed by atoms with Gasteiger partial charge in [-0.2, -0.15) is 13.2 Å². The van der Waals surface area contributed by atoms with Crippen LogP contribution in [-0.4, -0.2) is 31.6 Å². The van der Waals surface area contributed by atoms with Crippen molar-refractivity contribution in [3.63, 3.8) is 0 Å². The van der Waals surface area contributed by atoms with E-state index in [-0.39, 0.29) is 12.7 Å². The van der Waals surface area contributed by atoms with E-state index >= 15 is 0 Å². The number of unbranched alkanes of at least 4 members (excludes halogenated alkanes) is 2. The molecule has 0 bridgehead atoms. The average molecular weight is 270 g/mol. The molecule has 5 heteroatoms. The van der Waals surface area contributed by atoms with Gasteiger partial charge in [0.25, 0.3) is 0 Å². The summed E-state index contributed by atoms with van der Waals surface area (Å²) in [5, 5.41) is 0. The third-order valence-corrected chi connectivity index (χ3v) is 2.68. The number of alkyl halides is 3. The molecule has 2 atom stereocenters. The van der Waals surface area contributed by atoms with Gasteiger partial charge in [0.05, 0.1) is 12.7 Å². The molecule has 110 valence electrons. The monoisotopic (exact) mass is 270 g/mol. The highest BCUT2D eigenvalue weighted by atomic mass is 19.4. The van der Waals surface area contributed by atoms with Crippen molar-refractivity contribution >= 4 is 0 Å². The van der Waals surface area contributed by atoms with Crippen LogP contribution in [0.3, 0.4) is 0 Å². The Morgan fingerprint density at radius 3 is 2.11 bits per heavy atom. The molecule has 2 unspecified atom stereocenters. The molecule has 2 nitrogen and oxygen atoms in total. The minimum atomic E-state index is -4.35. The summed E-state index contributed by atoms with van der Waals surface area (Å²) in [6.45, 7) is 5.48. The summed E-state index contributed by atoms with van der Waals surface area (Å²) >= 11 is 0. The Bertz CT molecular complexity index is 195. The molecule has 0 aliphatic carbocycles. The molecule has 0 aliphatic heterocycles. The van der Waals surface area contributed by atoms with Crippen molar-refractivity contribution in [2.24, 2.45) is 0 Å². The van der Waals surface area contributed by atoms with Crippen molar-refractivity contribution in [2.75, 3.05) is 13.2 Å². The molecule has 0 aromatic rings. The van der Waals surface area contributed by atoms with Gasteiger partial charge in [0.1, 0.15) is 0 Å². The third kappa shape index (κ3) is 8.75. The first-order valence-electron chi connectivity index (χ1n) is 6.71. The number of rotatable bonds is 10. The van der Waals surface area contributed by atoms with Crippen LogP contribution in [0.5, 0.6) is 0 Å². The van der Waals surface area contributed by atoms with Crippen molar-refractivity contribution in [3.05, 3.63) is 0 Å². The molecule has 0 N–H and O–H groups in total. The molecule has 0 heterocycles. The summed E-state index contributed by atoms with van der Waals surface area (Å²) in [6, 6.07) is 0. The molecule has 0 aromatic heterocycles. The molecular weight excluding hydrogens is 245 g/mol. The van der Waals surface area contributed by atoms with E-state index in [2.05, 4.69) is 0 Å². The SMILES string of the molecule is CCCCOC(COC(C)CCCC)C(F)(F)F.